The summed E-state index contributed by atoms with van der Waals surface area (Å²) in [4.78, 5) is 26.9. The first kappa shape index (κ1) is 21.5. The zero-order valence-electron chi connectivity index (χ0n) is 18.7. The number of likely N-dealkylation sites (tertiary alicyclic amines) is 1. The van der Waals surface area contributed by atoms with Crippen molar-refractivity contribution in [2.45, 2.75) is 32.2 Å². The number of hydrogen-bond acceptors (Lipinski definition) is 6. The maximum Gasteiger partial charge on any atom is 0.257 e. The molecule has 33 heavy (non-hydrogen) atoms. The second-order valence-corrected chi connectivity index (χ2v) is 8.94. The molecule has 5 rings (SSSR count). The van der Waals surface area contributed by atoms with E-state index in [0.29, 0.717) is 43.9 Å². The van der Waals surface area contributed by atoms with E-state index in [1.54, 1.807) is 5.01 Å². The van der Waals surface area contributed by atoms with Gasteiger partial charge in [-0.3, -0.25) is 14.5 Å². The number of nitrogens with two attached hydrogens (primary N) is 1. The van der Waals surface area contributed by atoms with Gasteiger partial charge >= 0.3 is 0 Å². The topological polar surface area (TPSA) is 97.5 Å². The first-order valence-electron chi connectivity index (χ1n) is 11.4. The van der Waals surface area contributed by atoms with Gasteiger partial charge in [0.2, 0.25) is 12.7 Å². The highest BCUT2D eigenvalue weighted by Crippen LogP contribution is 2.39. The fourth-order valence-electron chi connectivity index (χ4n) is 4.68. The summed E-state index contributed by atoms with van der Waals surface area (Å²) in [5, 5.41) is 6.39. The van der Waals surface area contributed by atoms with Crippen molar-refractivity contribution < 1.29 is 19.1 Å². The van der Waals surface area contributed by atoms with Gasteiger partial charge in [-0.1, -0.05) is 35.9 Å². The predicted molar refractivity (Wildman–Crippen MR) is 123 cm³/mol. The molecule has 172 valence electrons. The van der Waals surface area contributed by atoms with Crippen LogP contribution in [0.5, 0.6) is 11.5 Å². The molecule has 2 aromatic carbocycles. The van der Waals surface area contributed by atoms with Gasteiger partial charge < -0.3 is 15.2 Å². The summed E-state index contributed by atoms with van der Waals surface area (Å²) in [7, 11) is 0. The Balaban J connectivity index is 1.37. The lowest BCUT2D eigenvalue weighted by Gasteiger charge is -2.31. The summed E-state index contributed by atoms with van der Waals surface area (Å²) in [6.07, 6.45) is 2.00. The molecule has 0 bridgehead atoms. The van der Waals surface area contributed by atoms with Crippen LogP contribution in [-0.2, 0) is 9.59 Å². The fraction of sp³-hybridized carbons (Fsp3) is 0.400. The Kier molecular flexibility index (Phi) is 5.76. The summed E-state index contributed by atoms with van der Waals surface area (Å²) in [5.74, 6) is 0.993. The van der Waals surface area contributed by atoms with Gasteiger partial charge in [0.15, 0.2) is 11.5 Å². The number of carbonyl (C=O) groups excluding carboxylic acids is 2. The van der Waals surface area contributed by atoms with E-state index in [-0.39, 0.29) is 37.1 Å². The van der Waals surface area contributed by atoms with Crippen LogP contribution in [0.25, 0.3) is 0 Å². The van der Waals surface area contributed by atoms with Crippen LogP contribution in [0.1, 0.15) is 42.0 Å². The minimum atomic E-state index is -0.254. The van der Waals surface area contributed by atoms with Gasteiger partial charge in [-0.15, -0.1) is 0 Å². The summed E-state index contributed by atoms with van der Waals surface area (Å²) >= 11 is 0. The van der Waals surface area contributed by atoms with Crippen LogP contribution in [0, 0.1) is 12.8 Å². The van der Waals surface area contributed by atoms with Gasteiger partial charge in [0.05, 0.1) is 18.3 Å². The molecule has 3 heterocycles. The average Bonchev–Trinajstić information content (AvgIpc) is 3.47. The maximum atomic E-state index is 13.4. The molecular formula is C25H28N4O4. The minimum absolute atomic E-state index is 0.0581. The number of fused-ring (bicyclic) bond motifs is 1. The Morgan fingerprint density at radius 2 is 1.79 bits per heavy atom. The van der Waals surface area contributed by atoms with Gasteiger partial charge in [-0.05, 0) is 56.1 Å². The smallest absolute Gasteiger partial charge is 0.257 e. The summed E-state index contributed by atoms with van der Waals surface area (Å²) < 4.78 is 11.0. The van der Waals surface area contributed by atoms with Crippen molar-refractivity contribution in [2.75, 3.05) is 26.4 Å². The molecule has 3 aliphatic rings. The molecular weight excluding hydrogens is 420 g/mol. The summed E-state index contributed by atoms with van der Waals surface area (Å²) in [6.45, 7) is 3.87. The summed E-state index contributed by atoms with van der Waals surface area (Å²) in [6, 6.07) is 13.8. The molecule has 0 saturated carbocycles. The van der Waals surface area contributed by atoms with Crippen LogP contribution in [0.2, 0.25) is 0 Å². The lowest BCUT2D eigenvalue weighted by atomic mass is 9.96. The van der Waals surface area contributed by atoms with Crippen molar-refractivity contribution in [3.05, 3.63) is 59.2 Å². The van der Waals surface area contributed by atoms with Gasteiger partial charge in [-0.2, -0.15) is 5.10 Å². The lowest BCUT2D eigenvalue weighted by Crippen LogP contribution is -2.44. The molecule has 1 fully saturated rings. The van der Waals surface area contributed by atoms with E-state index < -0.39 is 0 Å². The van der Waals surface area contributed by atoms with E-state index in [1.807, 2.05) is 37.3 Å². The number of primary amides is 1. The molecule has 1 unspecified atom stereocenters. The number of hydrogen-bond donors (Lipinski definition) is 1. The minimum Gasteiger partial charge on any atom is -0.454 e. The molecule has 2 N–H and O–H groups in total. The number of amides is 2. The monoisotopic (exact) mass is 448 g/mol. The van der Waals surface area contributed by atoms with Gasteiger partial charge in [-0.25, -0.2) is 5.01 Å². The Labute approximate surface area is 192 Å². The lowest BCUT2D eigenvalue weighted by molar-refractivity contribution is -0.134. The zero-order chi connectivity index (χ0) is 22.9. The second-order valence-electron chi connectivity index (χ2n) is 8.94. The standard InChI is InChI=1S/C25H28N4O4/c1-16-2-4-17(5-3-16)20-13-21(19-6-7-22-23(12-19)33-15-32-22)29(27-20)24(30)14-28-10-8-18(9-11-28)25(26)31/h2-7,12,18,21H,8-11,13-15H2,1H3,(H2,26,31). The van der Waals surface area contributed by atoms with E-state index in [2.05, 4.69) is 17.0 Å². The van der Waals surface area contributed by atoms with Crippen LogP contribution in [0.15, 0.2) is 47.6 Å². The Morgan fingerprint density at radius 1 is 1.06 bits per heavy atom. The van der Waals surface area contributed by atoms with Gasteiger partial charge in [0.1, 0.15) is 0 Å². The Bertz CT molecular complexity index is 1090. The van der Waals surface area contributed by atoms with Gasteiger partial charge in [0.25, 0.3) is 5.91 Å². The normalized spacial score (nSPS) is 20.7. The van der Waals surface area contributed by atoms with Crippen molar-refractivity contribution in [2.24, 2.45) is 16.8 Å². The third-order valence-electron chi connectivity index (χ3n) is 6.68. The quantitative estimate of drug-likeness (QED) is 0.758. The van der Waals surface area contributed by atoms with E-state index >= 15 is 0 Å². The molecule has 0 radical (unpaired) electrons. The van der Waals surface area contributed by atoms with Crippen molar-refractivity contribution in [1.29, 1.82) is 0 Å². The molecule has 2 amide bonds. The number of aryl methyl sites for hydroxylation is 1. The molecule has 8 heteroatoms. The molecule has 8 nitrogen and oxygen atoms in total. The predicted octanol–water partition coefficient (Wildman–Crippen LogP) is 2.60. The number of benzene rings is 2. The van der Waals surface area contributed by atoms with Gasteiger partial charge in [0, 0.05) is 12.3 Å². The average molecular weight is 449 g/mol. The number of nitrogens with zero attached hydrogens (tertiary/aromatic N) is 3. The number of piperidine rings is 1. The summed E-state index contributed by atoms with van der Waals surface area (Å²) in [5.41, 5.74) is 9.49. The van der Waals surface area contributed by atoms with E-state index in [9.17, 15) is 9.59 Å². The van der Waals surface area contributed by atoms with Crippen molar-refractivity contribution in [3.8, 4) is 11.5 Å². The first-order chi connectivity index (χ1) is 16.0. The Hall–Kier alpha value is -3.39. The molecule has 3 aliphatic heterocycles. The molecule has 2 aromatic rings. The highest BCUT2D eigenvalue weighted by atomic mass is 16.7. The van der Waals surface area contributed by atoms with Crippen LogP contribution < -0.4 is 15.2 Å². The van der Waals surface area contributed by atoms with Crippen molar-refractivity contribution >= 4 is 17.5 Å². The highest BCUT2D eigenvalue weighted by Gasteiger charge is 2.35. The van der Waals surface area contributed by atoms with E-state index in [0.717, 1.165) is 16.8 Å². The number of rotatable bonds is 5. The fourth-order valence-corrected chi connectivity index (χ4v) is 4.68. The third kappa shape index (κ3) is 4.43. The largest absolute Gasteiger partial charge is 0.454 e. The molecule has 1 saturated heterocycles. The zero-order valence-corrected chi connectivity index (χ0v) is 18.7. The molecule has 0 spiro atoms. The third-order valence-corrected chi connectivity index (χ3v) is 6.68. The Morgan fingerprint density at radius 3 is 2.52 bits per heavy atom. The molecule has 0 aromatic heterocycles. The van der Waals surface area contributed by atoms with Crippen LogP contribution in [-0.4, -0.2) is 53.9 Å². The van der Waals surface area contributed by atoms with E-state index in [4.69, 9.17) is 20.3 Å². The van der Waals surface area contributed by atoms with E-state index in [1.165, 1.54) is 5.56 Å². The highest BCUT2D eigenvalue weighted by molar-refractivity contribution is 6.03. The second kappa shape index (κ2) is 8.86. The number of carbonyl (C=O) groups is 2. The SMILES string of the molecule is Cc1ccc(C2=NN(C(=O)CN3CCC(C(N)=O)CC3)C(c3ccc4c(c3)OCO4)C2)cc1. The molecule has 0 aliphatic carbocycles. The number of ether oxygens (including phenoxy) is 2. The van der Waals surface area contributed by atoms with Crippen LogP contribution >= 0.6 is 0 Å². The van der Waals surface area contributed by atoms with Crippen LogP contribution in [0.3, 0.4) is 0 Å². The maximum absolute atomic E-state index is 13.4. The molecule has 1 atom stereocenters. The number of hydrazone groups is 1. The van der Waals surface area contributed by atoms with Crippen molar-refractivity contribution in [1.82, 2.24) is 9.91 Å². The van der Waals surface area contributed by atoms with Crippen LogP contribution in [0.4, 0.5) is 0 Å². The first-order valence-corrected chi connectivity index (χ1v) is 11.4. The van der Waals surface area contributed by atoms with Crippen molar-refractivity contribution in [3.63, 3.8) is 0 Å².